The number of benzene rings is 2. The van der Waals surface area contributed by atoms with Gasteiger partial charge in [-0.1, -0.05) is 36.7 Å². The number of anilines is 3. The number of piperidine rings is 1. The molecule has 30 heavy (non-hydrogen) atoms. The van der Waals surface area contributed by atoms with E-state index in [0.717, 1.165) is 54.5 Å². The van der Waals surface area contributed by atoms with Crippen LogP contribution in [-0.2, 0) is 9.59 Å². The van der Waals surface area contributed by atoms with Gasteiger partial charge >= 0.3 is 0 Å². The number of para-hydroxylation sites is 2. The van der Waals surface area contributed by atoms with E-state index < -0.39 is 0 Å². The highest BCUT2D eigenvalue weighted by Crippen LogP contribution is 2.33. The van der Waals surface area contributed by atoms with Gasteiger partial charge in [-0.2, -0.15) is 0 Å². The first-order chi connectivity index (χ1) is 14.4. The van der Waals surface area contributed by atoms with Gasteiger partial charge in [0.25, 0.3) is 0 Å². The lowest BCUT2D eigenvalue weighted by atomic mass is 9.98. The van der Waals surface area contributed by atoms with Crippen molar-refractivity contribution >= 4 is 40.5 Å². The molecule has 4 rings (SSSR count). The first kappa shape index (κ1) is 20.7. The van der Waals surface area contributed by atoms with Crippen LogP contribution in [0.3, 0.4) is 0 Å². The Morgan fingerprint density at radius 2 is 1.77 bits per heavy atom. The fraction of sp³-hybridized carbons (Fsp3) is 0.417. The highest BCUT2D eigenvalue weighted by Gasteiger charge is 2.36. The van der Waals surface area contributed by atoms with E-state index in [4.69, 9.17) is 11.6 Å². The Labute approximate surface area is 183 Å². The average Bonchev–Trinajstić information content (AvgIpc) is 3.13. The summed E-state index contributed by atoms with van der Waals surface area (Å²) in [4.78, 5) is 29.7. The van der Waals surface area contributed by atoms with E-state index in [-0.39, 0.29) is 24.2 Å². The Hall–Kier alpha value is -2.53. The monoisotopic (exact) mass is 425 g/mol. The summed E-state index contributed by atoms with van der Waals surface area (Å²) in [5.74, 6) is 0.209. The van der Waals surface area contributed by atoms with E-state index in [1.54, 1.807) is 4.90 Å². The van der Waals surface area contributed by atoms with Crippen LogP contribution in [-0.4, -0.2) is 31.4 Å². The number of carbonyl (C=O) groups excluding carboxylic acids is 2. The van der Waals surface area contributed by atoms with Gasteiger partial charge in [-0.05, 0) is 55.5 Å². The second-order valence-electron chi connectivity index (χ2n) is 8.47. The number of hydrogen-bond donors (Lipinski definition) is 1. The van der Waals surface area contributed by atoms with Gasteiger partial charge in [-0.15, -0.1) is 0 Å². The standard InChI is InChI=1S/C24H28ClN3O2/c1-16-10-12-27(13-11-16)22-8-4-3-7-20(22)26-24(30)18-14-23(29)28(15-18)21-9-5-6-19(25)17(21)2/h3-9,16,18H,10-15H2,1-2H3,(H,26,30)/t18-/m0/s1. The van der Waals surface area contributed by atoms with Gasteiger partial charge in [-0.25, -0.2) is 0 Å². The summed E-state index contributed by atoms with van der Waals surface area (Å²) in [6.07, 6.45) is 2.53. The molecule has 0 spiro atoms. The Bertz CT molecular complexity index is 953. The van der Waals surface area contributed by atoms with Crippen LogP contribution < -0.4 is 15.1 Å². The van der Waals surface area contributed by atoms with Crippen LogP contribution in [0.25, 0.3) is 0 Å². The van der Waals surface area contributed by atoms with Crippen molar-refractivity contribution in [2.45, 2.75) is 33.1 Å². The van der Waals surface area contributed by atoms with Crippen LogP contribution in [0.5, 0.6) is 0 Å². The van der Waals surface area contributed by atoms with E-state index in [1.807, 2.05) is 43.3 Å². The summed E-state index contributed by atoms with van der Waals surface area (Å²) in [5.41, 5.74) is 3.52. The van der Waals surface area contributed by atoms with Gasteiger partial charge in [0.05, 0.1) is 17.3 Å². The molecule has 6 heteroatoms. The molecular formula is C24H28ClN3O2. The van der Waals surface area contributed by atoms with E-state index in [1.165, 1.54) is 0 Å². The number of hydrogen-bond acceptors (Lipinski definition) is 3. The number of rotatable bonds is 4. The molecule has 2 aromatic rings. The summed E-state index contributed by atoms with van der Waals surface area (Å²) in [6, 6.07) is 13.5. The van der Waals surface area contributed by atoms with Gasteiger partial charge in [0.15, 0.2) is 0 Å². The van der Waals surface area contributed by atoms with Crippen LogP contribution in [0.15, 0.2) is 42.5 Å². The number of nitrogens with one attached hydrogen (secondary N) is 1. The maximum absolute atomic E-state index is 13.0. The molecule has 2 aromatic carbocycles. The predicted molar refractivity (Wildman–Crippen MR) is 122 cm³/mol. The molecule has 1 atom stereocenters. The minimum atomic E-state index is -0.384. The summed E-state index contributed by atoms with van der Waals surface area (Å²) in [5, 5.41) is 3.72. The second kappa shape index (κ2) is 8.68. The molecule has 2 fully saturated rings. The molecule has 2 aliphatic rings. The van der Waals surface area contributed by atoms with Crippen molar-refractivity contribution in [1.82, 2.24) is 0 Å². The third-order valence-electron chi connectivity index (χ3n) is 6.31. The topological polar surface area (TPSA) is 52.7 Å². The van der Waals surface area contributed by atoms with E-state index >= 15 is 0 Å². The lowest BCUT2D eigenvalue weighted by Crippen LogP contribution is -2.34. The normalized spacial score (nSPS) is 20.0. The number of halogens is 1. The molecule has 0 unspecified atom stereocenters. The third kappa shape index (κ3) is 4.17. The first-order valence-electron chi connectivity index (χ1n) is 10.6. The Kier molecular flexibility index (Phi) is 6.00. The highest BCUT2D eigenvalue weighted by molar-refractivity contribution is 6.31. The van der Waals surface area contributed by atoms with Gasteiger partial charge in [0.2, 0.25) is 11.8 Å². The fourth-order valence-electron chi connectivity index (χ4n) is 4.34. The molecule has 0 aliphatic carbocycles. The lowest BCUT2D eigenvalue weighted by molar-refractivity contribution is -0.122. The summed E-state index contributed by atoms with van der Waals surface area (Å²) < 4.78 is 0. The van der Waals surface area contributed by atoms with Gasteiger partial charge in [-0.3, -0.25) is 9.59 Å². The van der Waals surface area contributed by atoms with Gasteiger partial charge in [0, 0.05) is 36.8 Å². The molecule has 1 N–H and O–H groups in total. The number of amides is 2. The van der Waals surface area contributed by atoms with Crippen LogP contribution >= 0.6 is 11.6 Å². The zero-order chi connectivity index (χ0) is 21.3. The Morgan fingerprint density at radius 3 is 2.53 bits per heavy atom. The van der Waals surface area contributed by atoms with Crippen molar-refractivity contribution in [2.75, 3.05) is 34.8 Å². The maximum Gasteiger partial charge on any atom is 0.229 e. The SMILES string of the molecule is Cc1c(Cl)cccc1N1C[C@@H](C(=O)Nc2ccccc2N2CCC(C)CC2)CC1=O. The third-order valence-corrected chi connectivity index (χ3v) is 6.72. The molecule has 5 nitrogen and oxygen atoms in total. The molecule has 2 saturated heterocycles. The van der Waals surface area contributed by atoms with Crippen molar-refractivity contribution in [3.8, 4) is 0 Å². The van der Waals surface area contributed by atoms with E-state index in [0.29, 0.717) is 11.6 Å². The van der Waals surface area contributed by atoms with Crippen LogP contribution in [0.4, 0.5) is 17.1 Å². The molecule has 0 aromatic heterocycles. The van der Waals surface area contributed by atoms with Crippen molar-refractivity contribution in [1.29, 1.82) is 0 Å². The zero-order valence-electron chi connectivity index (χ0n) is 17.5. The molecule has 158 valence electrons. The van der Waals surface area contributed by atoms with Crippen molar-refractivity contribution in [3.63, 3.8) is 0 Å². The largest absolute Gasteiger partial charge is 0.370 e. The molecule has 2 amide bonds. The lowest BCUT2D eigenvalue weighted by Gasteiger charge is -2.33. The summed E-state index contributed by atoms with van der Waals surface area (Å²) in [6.45, 7) is 6.55. The van der Waals surface area contributed by atoms with Gasteiger partial charge < -0.3 is 15.1 Å². The van der Waals surface area contributed by atoms with Crippen LogP contribution in [0, 0.1) is 18.8 Å². The molecule has 2 heterocycles. The first-order valence-corrected chi connectivity index (χ1v) is 11.0. The molecular weight excluding hydrogens is 398 g/mol. The van der Waals surface area contributed by atoms with Crippen molar-refractivity contribution < 1.29 is 9.59 Å². The minimum Gasteiger partial charge on any atom is -0.370 e. The average molecular weight is 426 g/mol. The summed E-state index contributed by atoms with van der Waals surface area (Å²) >= 11 is 6.22. The van der Waals surface area contributed by atoms with E-state index in [2.05, 4.69) is 23.2 Å². The zero-order valence-corrected chi connectivity index (χ0v) is 18.3. The number of nitrogens with zero attached hydrogens (tertiary/aromatic N) is 2. The minimum absolute atomic E-state index is 0.0428. The smallest absolute Gasteiger partial charge is 0.229 e. The van der Waals surface area contributed by atoms with Gasteiger partial charge in [0.1, 0.15) is 0 Å². The molecule has 2 aliphatic heterocycles. The number of carbonyl (C=O) groups is 2. The highest BCUT2D eigenvalue weighted by atomic mass is 35.5. The van der Waals surface area contributed by atoms with E-state index in [9.17, 15) is 9.59 Å². The summed E-state index contributed by atoms with van der Waals surface area (Å²) in [7, 11) is 0. The Morgan fingerprint density at radius 1 is 1.07 bits per heavy atom. The quantitative estimate of drug-likeness (QED) is 0.759. The fourth-order valence-corrected chi connectivity index (χ4v) is 4.51. The second-order valence-corrected chi connectivity index (χ2v) is 8.87. The van der Waals surface area contributed by atoms with Crippen LogP contribution in [0.2, 0.25) is 5.02 Å². The Balaban J connectivity index is 1.48. The van der Waals surface area contributed by atoms with Crippen LogP contribution in [0.1, 0.15) is 31.7 Å². The molecule has 0 radical (unpaired) electrons. The van der Waals surface area contributed by atoms with Crippen molar-refractivity contribution in [3.05, 3.63) is 53.1 Å². The predicted octanol–water partition coefficient (Wildman–Crippen LogP) is 4.88. The molecule has 0 bridgehead atoms. The molecule has 0 saturated carbocycles. The van der Waals surface area contributed by atoms with Crippen molar-refractivity contribution in [2.24, 2.45) is 11.8 Å². The maximum atomic E-state index is 13.0.